The molecule has 0 amide bonds. The van der Waals surface area contributed by atoms with Gasteiger partial charge in [-0.25, -0.2) is 0 Å². The molecule has 0 atom stereocenters. The lowest BCUT2D eigenvalue weighted by Crippen LogP contribution is -1.88. The molecule has 0 radical (unpaired) electrons. The molecule has 0 aliphatic carbocycles. The summed E-state index contributed by atoms with van der Waals surface area (Å²) < 4.78 is 0. The second-order valence-electron chi connectivity index (χ2n) is 3.96. The summed E-state index contributed by atoms with van der Waals surface area (Å²) in [6.07, 6.45) is 1.97. The summed E-state index contributed by atoms with van der Waals surface area (Å²) in [5.74, 6) is 0. The molecule has 0 saturated carbocycles. The fourth-order valence-corrected chi connectivity index (χ4v) is 2.14. The van der Waals surface area contributed by atoms with Crippen LogP contribution in [0.25, 0.3) is 21.5 Å². The number of nitrogens with one attached hydrogen (secondary N) is 1. The molecule has 0 unspecified atom stereocenters. The second kappa shape index (κ2) is 3.80. The average Bonchev–Trinajstić information content (AvgIpc) is 2.37. The van der Waals surface area contributed by atoms with Gasteiger partial charge in [0.25, 0.3) is 0 Å². The second-order valence-corrected chi connectivity index (χ2v) is 3.96. The first kappa shape index (κ1) is 9.68. The monoisotopic (exact) mass is 218 g/mol. The van der Waals surface area contributed by atoms with E-state index in [1.165, 1.54) is 10.8 Å². The maximum absolute atomic E-state index is 8.73. The third-order valence-electron chi connectivity index (χ3n) is 2.94. The van der Waals surface area contributed by atoms with Gasteiger partial charge in [-0.1, -0.05) is 36.4 Å². The zero-order chi connectivity index (χ0) is 11.7. The third-order valence-corrected chi connectivity index (χ3v) is 2.94. The standard InChI is InChI=1S/C15H10N2/c16-10-17-15-7-3-6-13-8-11-4-1-2-5-12(11)9-14(13)15/h1-9,17H. The van der Waals surface area contributed by atoms with Crippen molar-refractivity contribution < 1.29 is 0 Å². The molecule has 0 aliphatic rings. The first-order valence-corrected chi connectivity index (χ1v) is 5.45. The van der Waals surface area contributed by atoms with Gasteiger partial charge in [-0.05, 0) is 34.4 Å². The number of anilines is 1. The highest BCUT2D eigenvalue weighted by molar-refractivity contribution is 6.03. The molecule has 0 bridgehead atoms. The molecule has 0 heterocycles. The first-order valence-electron chi connectivity index (χ1n) is 5.45. The predicted octanol–water partition coefficient (Wildman–Crippen LogP) is 3.89. The maximum atomic E-state index is 8.73. The van der Waals surface area contributed by atoms with Gasteiger partial charge in [-0.3, -0.25) is 5.32 Å². The molecule has 1 N–H and O–H groups in total. The zero-order valence-electron chi connectivity index (χ0n) is 9.14. The quantitative estimate of drug-likeness (QED) is 0.382. The smallest absolute Gasteiger partial charge is 0.181 e. The SMILES string of the molecule is N#CNc1cccc2cc3ccccc3cc12. The lowest BCUT2D eigenvalue weighted by molar-refractivity contribution is 1.48. The molecular formula is C15H10N2. The molecular weight excluding hydrogens is 208 g/mol. The fourth-order valence-electron chi connectivity index (χ4n) is 2.14. The van der Waals surface area contributed by atoms with E-state index in [1.54, 1.807) is 0 Å². The minimum Gasteiger partial charge on any atom is -0.292 e. The minimum atomic E-state index is 0.857. The highest BCUT2D eigenvalue weighted by Gasteiger charge is 2.01. The minimum absolute atomic E-state index is 0.857. The molecule has 2 heteroatoms. The Balaban J connectivity index is 2.40. The predicted molar refractivity (Wildman–Crippen MR) is 70.7 cm³/mol. The Morgan fingerprint density at radius 2 is 1.53 bits per heavy atom. The summed E-state index contributed by atoms with van der Waals surface area (Å²) in [5, 5.41) is 16.1. The summed E-state index contributed by atoms with van der Waals surface area (Å²) in [7, 11) is 0. The largest absolute Gasteiger partial charge is 0.292 e. The molecule has 3 aromatic rings. The van der Waals surface area contributed by atoms with Gasteiger partial charge in [0.15, 0.2) is 6.19 Å². The van der Waals surface area contributed by atoms with Crippen LogP contribution in [0.2, 0.25) is 0 Å². The zero-order valence-corrected chi connectivity index (χ0v) is 9.14. The van der Waals surface area contributed by atoms with Crippen LogP contribution >= 0.6 is 0 Å². The van der Waals surface area contributed by atoms with Gasteiger partial charge < -0.3 is 0 Å². The number of hydrogen-bond acceptors (Lipinski definition) is 2. The number of nitrogens with zero attached hydrogens (tertiary/aromatic N) is 1. The maximum Gasteiger partial charge on any atom is 0.181 e. The number of hydrogen-bond donors (Lipinski definition) is 1. The van der Waals surface area contributed by atoms with Crippen molar-refractivity contribution in [1.82, 2.24) is 0 Å². The lowest BCUT2D eigenvalue weighted by atomic mass is 10.0. The van der Waals surface area contributed by atoms with Crippen LogP contribution < -0.4 is 5.32 Å². The van der Waals surface area contributed by atoms with Gasteiger partial charge in [-0.15, -0.1) is 0 Å². The van der Waals surface area contributed by atoms with Crippen molar-refractivity contribution in [3.63, 3.8) is 0 Å². The van der Waals surface area contributed by atoms with E-state index >= 15 is 0 Å². The van der Waals surface area contributed by atoms with Crippen LogP contribution in [0.5, 0.6) is 0 Å². The van der Waals surface area contributed by atoms with Gasteiger partial charge in [0.05, 0.1) is 5.69 Å². The third kappa shape index (κ3) is 1.58. The molecule has 17 heavy (non-hydrogen) atoms. The summed E-state index contributed by atoms with van der Waals surface area (Å²) in [6, 6.07) is 18.4. The molecule has 0 fully saturated rings. The van der Waals surface area contributed by atoms with Gasteiger partial charge in [0.1, 0.15) is 0 Å². The van der Waals surface area contributed by atoms with E-state index in [0.29, 0.717) is 0 Å². The van der Waals surface area contributed by atoms with Crippen molar-refractivity contribution >= 4 is 27.2 Å². The Morgan fingerprint density at radius 1 is 0.824 bits per heavy atom. The number of rotatable bonds is 1. The number of nitriles is 1. The van der Waals surface area contributed by atoms with E-state index in [9.17, 15) is 0 Å². The summed E-state index contributed by atoms with van der Waals surface area (Å²) in [4.78, 5) is 0. The Labute approximate surface area is 99.1 Å². The van der Waals surface area contributed by atoms with Crippen molar-refractivity contribution in [3.05, 3.63) is 54.6 Å². The summed E-state index contributed by atoms with van der Waals surface area (Å²) >= 11 is 0. The Hall–Kier alpha value is -2.53. The summed E-state index contributed by atoms with van der Waals surface area (Å²) in [6.45, 7) is 0. The average molecular weight is 218 g/mol. The molecule has 0 spiro atoms. The van der Waals surface area contributed by atoms with Gasteiger partial charge >= 0.3 is 0 Å². The highest BCUT2D eigenvalue weighted by Crippen LogP contribution is 2.28. The summed E-state index contributed by atoms with van der Waals surface area (Å²) in [5.41, 5.74) is 0.857. The van der Waals surface area contributed by atoms with Crippen LogP contribution in [0, 0.1) is 11.5 Å². The van der Waals surface area contributed by atoms with E-state index in [1.807, 2.05) is 30.5 Å². The van der Waals surface area contributed by atoms with Gasteiger partial charge in [-0.2, -0.15) is 5.26 Å². The van der Waals surface area contributed by atoms with Gasteiger partial charge in [0.2, 0.25) is 0 Å². The van der Waals surface area contributed by atoms with E-state index in [4.69, 9.17) is 5.26 Å². The van der Waals surface area contributed by atoms with Crippen molar-refractivity contribution in [1.29, 1.82) is 5.26 Å². The van der Waals surface area contributed by atoms with E-state index in [-0.39, 0.29) is 0 Å². The van der Waals surface area contributed by atoms with Crippen LogP contribution in [0.1, 0.15) is 0 Å². The number of fused-ring (bicyclic) bond motifs is 2. The van der Waals surface area contributed by atoms with E-state index < -0.39 is 0 Å². The van der Waals surface area contributed by atoms with E-state index in [0.717, 1.165) is 16.5 Å². The van der Waals surface area contributed by atoms with Crippen molar-refractivity contribution in [3.8, 4) is 6.19 Å². The van der Waals surface area contributed by atoms with Crippen molar-refractivity contribution in [2.24, 2.45) is 0 Å². The Morgan fingerprint density at radius 3 is 2.29 bits per heavy atom. The molecule has 3 aromatic carbocycles. The highest BCUT2D eigenvalue weighted by atomic mass is 14.9. The first-order chi connectivity index (χ1) is 8.38. The van der Waals surface area contributed by atoms with Gasteiger partial charge in [0, 0.05) is 5.39 Å². The molecule has 3 rings (SSSR count). The van der Waals surface area contributed by atoms with Crippen molar-refractivity contribution in [2.75, 3.05) is 5.32 Å². The number of benzene rings is 3. The fraction of sp³-hybridized carbons (Fsp3) is 0. The molecule has 0 saturated heterocycles. The van der Waals surface area contributed by atoms with Crippen molar-refractivity contribution in [2.45, 2.75) is 0 Å². The Kier molecular flexibility index (Phi) is 2.16. The van der Waals surface area contributed by atoms with Crippen LogP contribution in [0.4, 0.5) is 5.69 Å². The van der Waals surface area contributed by atoms with Crippen LogP contribution in [-0.4, -0.2) is 0 Å². The molecule has 0 aromatic heterocycles. The normalized spacial score (nSPS) is 10.3. The Bertz CT molecular complexity index is 739. The van der Waals surface area contributed by atoms with E-state index in [2.05, 4.69) is 35.6 Å². The molecule has 2 nitrogen and oxygen atoms in total. The van der Waals surface area contributed by atoms with Crippen LogP contribution in [-0.2, 0) is 0 Å². The van der Waals surface area contributed by atoms with Crippen LogP contribution in [0.3, 0.4) is 0 Å². The van der Waals surface area contributed by atoms with Crippen LogP contribution in [0.15, 0.2) is 54.6 Å². The molecule has 80 valence electrons. The topological polar surface area (TPSA) is 35.8 Å². The molecule has 0 aliphatic heterocycles. The lowest BCUT2D eigenvalue weighted by Gasteiger charge is -2.06.